The van der Waals surface area contributed by atoms with E-state index in [0.717, 1.165) is 5.56 Å². The lowest BCUT2D eigenvalue weighted by Gasteiger charge is -2.18. The number of benzene rings is 3. The van der Waals surface area contributed by atoms with Gasteiger partial charge in [-0.2, -0.15) is 0 Å². The number of ether oxygens (including phenoxy) is 1. The van der Waals surface area contributed by atoms with Crippen molar-refractivity contribution in [2.75, 3.05) is 6.61 Å². The van der Waals surface area contributed by atoms with E-state index in [1.807, 2.05) is 42.5 Å². The average molecular weight is 354 g/mol. The Bertz CT molecular complexity index is 913. The molecule has 0 saturated heterocycles. The summed E-state index contributed by atoms with van der Waals surface area (Å²) in [4.78, 5) is 12.8. The lowest BCUT2D eigenvalue weighted by molar-refractivity contribution is -0.145. The van der Waals surface area contributed by atoms with E-state index >= 15 is 0 Å². The van der Waals surface area contributed by atoms with Crippen molar-refractivity contribution in [1.82, 2.24) is 0 Å². The minimum atomic E-state index is -0.310. The van der Waals surface area contributed by atoms with Crippen molar-refractivity contribution < 1.29 is 9.53 Å². The van der Waals surface area contributed by atoms with Gasteiger partial charge in [0, 0.05) is 5.92 Å². The molecule has 134 valence electrons. The van der Waals surface area contributed by atoms with Crippen LogP contribution in [0.25, 0.3) is 11.1 Å². The van der Waals surface area contributed by atoms with E-state index < -0.39 is 0 Å². The highest BCUT2D eigenvalue weighted by molar-refractivity contribution is 5.80. The standard InChI is InChI=1S/C25H22O2/c1-2-10-19(18-11-4-3-5-12-18)25(26)27-17-24-22-15-8-6-13-20(22)21-14-7-9-16-23(21)24/h2-9,11-16,19,24H,1,10,17H2. The van der Waals surface area contributed by atoms with E-state index in [9.17, 15) is 4.79 Å². The van der Waals surface area contributed by atoms with E-state index in [-0.39, 0.29) is 17.8 Å². The molecule has 0 radical (unpaired) electrons. The molecule has 27 heavy (non-hydrogen) atoms. The molecule has 0 aliphatic heterocycles. The fourth-order valence-corrected chi connectivity index (χ4v) is 3.93. The second kappa shape index (κ2) is 7.63. The van der Waals surface area contributed by atoms with E-state index in [1.165, 1.54) is 22.3 Å². The number of hydrogen-bond acceptors (Lipinski definition) is 2. The molecule has 0 fully saturated rings. The van der Waals surface area contributed by atoms with Crippen molar-refractivity contribution >= 4 is 5.97 Å². The van der Waals surface area contributed by atoms with Gasteiger partial charge in [0.25, 0.3) is 0 Å². The summed E-state index contributed by atoms with van der Waals surface area (Å²) in [7, 11) is 0. The van der Waals surface area contributed by atoms with Gasteiger partial charge in [-0.1, -0.05) is 84.9 Å². The number of allylic oxidation sites excluding steroid dienone is 1. The minimum absolute atomic E-state index is 0.0847. The van der Waals surface area contributed by atoms with Gasteiger partial charge in [0.1, 0.15) is 6.61 Å². The molecule has 0 spiro atoms. The van der Waals surface area contributed by atoms with Crippen LogP contribution < -0.4 is 0 Å². The van der Waals surface area contributed by atoms with Gasteiger partial charge in [-0.3, -0.25) is 4.79 Å². The minimum Gasteiger partial charge on any atom is -0.464 e. The molecule has 0 amide bonds. The SMILES string of the molecule is C=CCC(C(=O)OCC1c2ccccc2-c2ccccc21)c1ccccc1. The second-order valence-corrected chi connectivity index (χ2v) is 6.84. The summed E-state index contributed by atoms with van der Waals surface area (Å²) in [5, 5.41) is 0. The van der Waals surface area contributed by atoms with Crippen LogP contribution in [-0.2, 0) is 9.53 Å². The quantitative estimate of drug-likeness (QED) is 0.419. The van der Waals surface area contributed by atoms with Crippen molar-refractivity contribution in [3.8, 4) is 11.1 Å². The number of rotatable bonds is 6. The van der Waals surface area contributed by atoms with Gasteiger partial charge in [-0.25, -0.2) is 0 Å². The van der Waals surface area contributed by atoms with Gasteiger partial charge in [-0.05, 0) is 34.2 Å². The first kappa shape index (κ1) is 17.3. The van der Waals surface area contributed by atoms with Crippen molar-refractivity contribution in [2.45, 2.75) is 18.3 Å². The van der Waals surface area contributed by atoms with Crippen LogP contribution in [0, 0.1) is 0 Å². The van der Waals surface area contributed by atoms with Crippen LogP contribution in [0.1, 0.15) is 34.9 Å². The molecule has 2 nitrogen and oxygen atoms in total. The smallest absolute Gasteiger partial charge is 0.313 e. The molecule has 4 rings (SSSR count). The molecule has 1 aliphatic rings. The van der Waals surface area contributed by atoms with Crippen LogP contribution in [0.4, 0.5) is 0 Å². The molecule has 3 aromatic rings. The third kappa shape index (κ3) is 3.31. The Morgan fingerprint density at radius 3 is 2.04 bits per heavy atom. The topological polar surface area (TPSA) is 26.3 Å². The van der Waals surface area contributed by atoms with Crippen LogP contribution in [0.5, 0.6) is 0 Å². The number of carbonyl (C=O) groups is 1. The fraction of sp³-hybridized carbons (Fsp3) is 0.160. The first-order chi connectivity index (χ1) is 13.3. The summed E-state index contributed by atoms with van der Waals surface area (Å²) in [6.07, 6.45) is 2.35. The highest BCUT2D eigenvalue weighted by atomic mass is 16.5. The van der Waals surface area contributed by atoms with Gasteiger partial charge < -0.3 is 4.74 Å². The predicted molar refractivity (Wildman–Crippen MR) is 109 cm³/mol. The Morgan fingerprint density at radius 1 is 0.889 bits per heavy atom. The van der Waals surface area contributed by atoms with Crippen LogP contribution >= 0.6 is 0 Å². The van der Waals surface area contributed by atoms with Gasteiger partial charge in [0.05, 0.1) is 5.92 Å². The number of hydrogen-bond donors (Lipinski definition) is 0. The molecule has 0 saturated carbocycles. The Morgan fingerprint density at radius 2 is 1.44 bits per heavy atom. The van der Waals surface area contributed by atoms with Crippen LogP contribution in [-0.4, -0.2) is 12.6 Å². The van der Waals surface area contributed by atoms with Gasteiger partial charge in [-0.15, -0.1) is 6.58 Å². The Kier molecular flexibility index (Phi) is 4.88. The summed E-state index contributed by atoms with van der Waals surface area (Å²) in [5.74, 6) is -0.417. The van der Waals surface area contributed by atoms with Crippen molar-refractivity contribution in [2.24, 2.45) is 0 Å². The fourth-order valence-electron chi connectivity index (χ4n) is 3.93. The largest absolute Gasteiger partial charge is 0.464 e. The normalized spacial score (nSPS) is 13.5. The van der Waals surface area contributed by atoms with E-state index in [2.05, 4.69) is 43.0 Å². The molecule has 0 bridgehead atoms. The van der Waals surface area contributed by atoms with E-state index in [4.69, 9.17) is 4.74 Å². The van der Waals surface area contributed by atoms with Gasteiger partial charge in [0.2, 0.25) is 0 Å². The van der Waals surface area contributed by atoms with Crippen molar-refractivity contribution in [3.05, 3.63) is 108 Å². The molecule has 0 heterocycles. The second-order valence-electron chi connectivity index (χ2n) is 6.84. The maximum absolute atomic E-state index is 12.8. The molecule has 0 N–H and O–H groups in total. The lowest BCUT2D eigenvalue weighted by Crippen LogP contribution is -2.19. The van der Waals surface area contributed by atoms with Gasteiger partial charge in [0.15, 0.2) is 0 Å². The zero-order valence-corrected chi connectivity index (χ0v) is 15.2. The summed E-state index contributed by atoms with van der Waals surface area (Å²) in [5.41, 5.74) is 5.90. The maximum atomic E-state index is 12.8. The molecule has 1 unspecified atom stereocenters. The average Bonchev–Trinajstić information content (AvgIpc) is 3.05. The maximum Gasteiger partial charge on any atom is 0.313 e. The molecule has 1 atom stereocenters. The third-order valence-corrected chi connectivity index (χ3v) is 5.24. The summed E-state index contributed by atoms with van der Waals surface area (Å²) < 4.78 is 5.82. The molecule has 2 heteroatoms. The van der Waals surface area contributed by atoms with Crippen molar-refractivity contribution in [1.29, 1.82) is 0 Å². The lowest BCUT2D eigenvalue weighted by atomic mass is 9.95. The van der Waals surface area contributed by atoms with Gasteiger partial charge >= 0.3 is 5.97 Å². The number of carbonyl (C=O) groups excluding carboxylic acids is 1. The Labute approximate surface area is 160 Å². The Balaban J connectivity index is 1.56. The zero-order chi connectivity index (χ0) is 18.6. The highest BCUT2D eigenvalue weighted by Gasteiger charge is 2.30. The Hall–Kier alpha value is -3.13. The molecular formula is C25H22O2. The first-order valence-corrected chi connectivity index (χ1v) is 9.30. The van der Waals surface area contributed by atoms with Crippen LogP contribution in [0.2, 0.25) is 0 Å². The summed E-state index contributed by atoms with van der Waals surface area (Å²) >= 11 is 0. The van der Waals surface area contributed by atoms with E-state index in [0.29, 0.717) is 13.0 Å². The summed E-state index contributed by atoms with van der Waals surface area (Å²) in [6, 6.07) is 26.5. The van der Waals surface area contributed by atoms with Crippen LogP contribution in [0.15, 0.2) is 91.5 Å². The van der Waals surface area contributed by atoms with E-state index in [1.54, 1.807) is 6.08 Å². The monoisotopic (exact) mass is 354 g/mol. The molecular weight excluding hydrogens is 332 g/mol. The molecule has 0 aromatic heterocycles. The zero-order valence-electron chi connectivity index (χ0n) is 15.2. The third-order valence-electron chi connectivity index (χ3n) is 5.24. The highest BCUT2D eigenvalue weighted by Crippen LogP contribution is 2.44. The number of fused-ring (bicyclic) bond motifs is 3. The van der Waals surface area contributed by atoms with Crippen molar-refractivity contribution in [3.63, 3.8) is 0 Å². The summed E-state index contributed by atoms with van der Waals surface area (Å²) in [6.45, 7) is 4.15. The number of esters is 1. The predicted octanol–water partition coefficient (Wildman–Crippen LogP) is 5.70. The molecule has 1 aliphatic carbocycles. The molecule has 3 aromatic carbocycles. The first-order valence-electron chi connectivity index (χ1n) is 9.30. The van der Waals surface area contributed by atoms with Crippen LogP contribution in [0.3, 0.4) is 0 Å².